The van der Waals surface area contributed by atoms with E-state index in [1.807, 2.05) is 6.07 Å². The van der Waals surface area contributed by atoms with Gasteiger partial charge < -0.3 is 14.2 Å². The molecule has 0 fully saturated rings. The Hall–Kier alpha value is -3.93. The molecule has 0 N–H and O–H groups in total. The number of ether oxygens (including phenoxy) is 3. The highest BCUT2D eigenvalue weighted by atomic mass is 16.5. The van der Waals surface area contributed by atoms with Gasteiger partial charge in [-0.1, -0.05) is 12.1 Å². The number of carbonyl (C=O) groups excluding carboxylic acids is 2. The van der Waals surface area contributed by atoms with Gasteiger partial charge in [0.05, 0.1) is 18.2 Å². The van der Waals surface area contributed by atoms with Crippen LogP contribution in [0.1, 0.15) is 31.8 Å². The number of carbonyl (C=O) groups is 2. The summed E-state index contributed by atoms with van der Waals surface area (Å²) in [6, 6.07) is 13.5. The number of aryl methyl sites for hydroxylation is 1. The van der Waals surface area contributed by atoms with Crippen LogP contribution in [0.5, 0.6) is 17.2 Å². The molecule has 4 rings (SSSR count). The zero-order valence-electron chi connectivity index (χ0n) is 15.8. The van der Waals surface area contributed by atoms with Gasteiger partial charge in [-0.3, -0.25) is 9.78 Å². The lowest BCUT2D eigenvalue weighted by Crippen LogP contribution is -2.09. The summed E-state index contributed by atoms with van der Waals surface area (Å²) < 4.78 is 16.4. The van der Waals surface area contributed by atoms with Crippen LogP contribution in [-0.2, 0) is 0 Å². The summed E-state index contributed by atoms with van der Waals surface area (Å²) in [5, 5.41) is 0. The van der Waals surface area contributed by atoms with Gasteiger partial charge in [0.25, 0.3) is 0 Å². The van der Waals surface area contributed by atoms with Crippen molar-refractivity contribution in [2.45, 2.75) is 6.92 Å². The minimum Gasteiger partial charge on any atom is -0.497 e. The number of hydrogen-bond donors (Lipinski definition) is 0. The summed E-state index contributed by atoms with van der Waals surface area (Å²) in [4.78, 5) is 29.2. The molecular weight excluding hydrogens is 370 g/mol. The van der Waals surface area contributed by atoms with Crippen LogP contribution >= 0.6 is 0 Å². The summed E-state index contributed by atoms with van der Waals surface area (Å²) in [6.07, 6.45) is 4.93. The van der Waals surface area contributed by atoms with Crippen LogP contribution in [-0.4, -0.2) is 23.8 Å². The first-order valence-electron chi connectivity index (χ1n) is 8.90. The van der Waals surface area contributed by atoms with Gasteiger partial charge in [0.2, 0.25) is 5.78 Å². The number of ketones is 1. The van der Waals surface area contributed by atoms with E-state index in [0.717, 1.165) is 5.56 Å². The monoisotopic (exact) mass is 387 g/mol. The number of Topliss-reactive ketones (excluding diaryl/α,β-unsaturated/α-hetero) is 1. The van der Waals surface area contributed by atoms with Gasteiger partial charge in [-0.2, -0.15) is 0 Å². The Morgan fingerprint density at radius 1 is 1.10 bits per heavy atom. The number of allylic oxidation sites excluding steroid dienone is 1. The molecule has 2 heterocycles. The molecule has 0 amide bonds. The molecule has 0 bridgehead atoms. The van der Waals surface area contributed by atoms with E-state index in [0.29, 0.717) is 33.9 Å². The van der Waals surface area contributed by atoms with Crippen molar-refractivity contribution in [2.24, 2.45) is 0 Å². The molecule has 29 heavy (non-hydrogen) atoms. The number of hydrogen-bond acceptors (Lipinski definition) is 6. The average Bonchev–Trinajstić information content (AvgIpc) is 3.04. The number of esters is 1. The highest BCUT2D eigenvalue weighted by molar-refractivity contribution is 6.15. The van der Waals surface area contributed by atoms with Crippen LogP contribution in [0.15, 0.2) is 66.7 Å². The molecule has 2 aromatic carbocycles. The van der Waals surface area contributed by atoms with Gasteiger partial charge in [-0.05, 0) is 54.5 Å². The zero-order valence-corrected chi connectivity index (χ0v) is 15.8. The lowest BCUT2D eigenvalue weighted by atomic mass is 10.0. The maximum Gasteiger partial charge on any atom is 0.343 e. The van der Waals surface area contributed by atoms with Gasteiger partial charge in [0.15, 0.2) is 5.76 Å². The fourth-order valence-electron chi connectivity index (χ4n) is 3.07. The van der Waals surface area contributed by atoms with E-state index in [9.17, 15) is 9.59 Å². The Kier molecular flexibility index (Phi) is 4.83. The minimum atomic E-state index is -0.529. The second-order valence-corrected chi connectivity index (χ2v) is 6.46. The van der Waals surface area contributed by atoms with Gasteiger partial charge in [0.1, 0.15) is 17.2 Å². The van der Waals surface area contributed by atoms with Gasteiger partial charge in [0, 0.05) is 18.5 Å². The molecular formula is C23H17NO5. The summed E-state index contributed by atoms with van der Waals surface area (Å²) in [5.74, 6) is 0.671. The number of methoxy groups -OCH3 is 1. The molecule has 0 unspecified atom stereocenters. The van der Waals surface area contributed by atoms with Gasteiger partial charge in [-0.15, -0.1) is 0 Å². The first-order chi connectivity index (χ1) is 14.0. The number of aromatic nitrogens is 1. The van der Waals surface area contributed by atoms with Crippen molar-refractivity contribution < 1.29 is 23.8 Å². The van der Waals surface area contributed by atoms with Crippen molar-refractivity contribution in [3.8, 4) is 17.2 Å². The topological polar surface area (TPSA) is 74.7 Å². The van der Waals surface area contributed by atoms with Crippen LogP contribution in [0.25, 0.3) is 6.08 Å². The van der Waals surface area contributed by atoms with Crippen LogP contribution in [0.4, 0.5) is 0 Å². The second-order valence-electron chi connectivity index (χ2n) is 6.46. The van der Waals surface area contributed by atoms with E-state index in [2.05, 4.69) is 4.98 Å². The van der Waals surface area contributed by atoms with E-state index in [1.54, 1.807) is 67.9 Å². The maximum absolute atomic E-state index is 12.7. The van der Waals surface area contributed by atoms with Gasteiger partial charge in [-0.25, -0.2) is 4.79 Å². The Morgan fingerprint density at radius 2 is 1.97 bits per heavy atom. The van der Waals surface area contributed by atoms with Crippen molar-refractivity contribution >= 4 is 17.8 Å². The number of benzene rings is 2. The second kappa shape index (κ2) is 7.59. The molecule has 3 aromatic rings. The van der Waals surface area contributed by atoms with Crippen LogP contribution in [0.3, 0.4) is 0 Å². The Labute approximate surface area is 167 Å². The van der Waals surface area contributed by atoms with Crippen LogP contribution in [0, 0.1) is 6.92 Å². The normalized spacial score (nSPS) is 13.7. The first-order valence-corrected chi connectivity index (χ1v) is 8.90. The zero-order chi connectivity index (χ0) is 20.4. The number of pyridine rings is 1. The molecule has 1 aliphatic rings. The molecule has 0 atom stereocenters. The third-order valence-corrected chi connectivity index (χ3v) is 4.44. The maximum atomic E-state index is 12.7. The molecule has 144 valence electrons. The molecule has 0 saturated carbocycles. The SMILES string of the molecule is COc1cccc(C(=O)Oc2cc(C)c3c(c2)O/C(=C\c2cccnc2)C3=O)c1. The number of nitrogens with zero attached hydrogens (tertiary/aromatic N) is 1. The molecule has 0 spiro atoms. The van der Waals surface area contributed by atoms with Crippen LogP contribution in [0.2, 0.25) is 0 Å². The largest absolute Gasteiger partial charge is 0.497 e. The smallest absolute Gasteiger partial charge is 0.343 e. The van der Waals surface area contributed by atoms with Crippen molar-refractivity contribution in [3.63, 3.8) is 0 Å². The van der Waals surface area contributed by atoms with E-state index in [-0.39, 0.29) is 11.5 Å². The lowest BCUT2D eigenvalue weighted by molar-refractivity contribution is 0.0734. The highest BCUT2D eigenvalue weighted by Crippen LogP contribution is 2.37. The van der Waals surface area contributed by atoms with E-state index in [1.165, 1.54) is 7.11 Å². The van der Waals surface area contributed by atoms with Crippen molar-refractivity contribution in [1.29, 1.82) is 0 Å². The molecule has 1 aliphatic heterocycles. The molecule has 6 nitrogen and oxygen atoms in total. The van der Waals surface area contributed by atoms with Crippen molar-refractivity contribution in [1.82, 2.24) is 4.98 Å². The van der Waals surface area contributed by atoms with Crippen molar-refractivity contribution in [2.75, 3.05) is 7.11 Å². The van der Waals surface area contributed by atoms with Gasteiger partial charge >= 0.3 is 5.97 Å². The van der Waals surface area contributed by atoms with E-state index < -0.39 is 5.97 Å². The standard InChI is InChI=1S/C23H17NO5/c1-14-9-18(28-23(26)16-6-3-7-17(11-16)27-2)12-19-21(14)22(25)20(29-19)10-15-5-4-8-24-13-15/h3-13H,1-2H3/b20-10-. The third-order valence-electron chi connectivity index (χ3n) is 4.44. The number of rotatable bonds is 4. The first kappa shape index (κ1) is 18.4. The van der Waals surface area contributed by atoms with E-state index >= 15 is 0 Å². The molecule has 6 heteroatoms. The average molecular weight is 387 g/mol. The lowest BCUT2D eigenvalue weighted by Gasteiger charge is -2.08. The molecule has 0 radical (unpaired) electrons. The predicted octanol–water partition coefficient (Wildman–Crippen LogP) is 4.23. The summed E-state index contributed by atoms with van der Waals surface area (Å²) in [6.45, 7) is 1.77. The number of fused-ring (bicyclic) bond motifs is 1. The van der Waals surface area contributed by atoms with Crippen molar-refractivity contribution in [3.05, 3.63) is 88.9 Å². The third kappa shape index (κ3) is 3.73. The van der Waals surface area contributed by atoms with E-state index in [4.69, 9.17) is 14.2 Å². The Bertz CT molecular complexity index is 1140. The highest BCUT2D eigenvalue weighted by Gasteiger charge is 2.30. The molecule has 0 aliphatic carbocycles. The Balaban J connectivity index is 1.60. The summed E-state index contributed by atoms with van der Waals surface area (Å²) in [5.41, 5.74) is 2.24. The van der Waals surface area contributed by atoms with Crippen LogP contribution < -0.4 is 14.2 Å². The predicted molar refractivity (Wildman–Crippen MR) is 106 cm³/mol. The minimum absolute atomic E-state index is 0.201. The quantitative estimate of drug-likeness (QED) is 0.379. The fourth-order valence-corrected chi connectivity index (χ4v) is 3.07. The molecule has 0 saturated heterocycles. The summed E-state index contributed by atoms with van der Waals surface area (Å²) in [7, 11) is 1.53. The Morgan fingerprint density at radius 3 is 2.72 bits per heavy atom. The molecule has 1 aromatic heterocycles. The fraction of sp³-hybridized carbons (Fsp3) is 0.0870. The summed E-state index contributed by atoms with van der Waals surface area (Å²) >= 11 is 0.